The van der Waals surface area contributed by atoms with Crippen molar-refractivity contribution in [3.63, 3.8) is 0 Å². The zero-order chi connectivity index (χ0) is 15.2. The van der Waals surface area contributed by atoms with E-state index in [4.69, 9.17) is 5.11 Å². The van der Waals surface area contributed by atoms with Crippen molar-refractivity contribution < 1.29 is 18.7 Å². The van der Waals surface area contributed by atoms with Gasteiger partial charge in [-0.15, -0.1) is 0 Å². The van der Waals surface area contributed by atoms with Crippen LogP contribution in [0.25, 0.3) is 0 Å². The molecular weight excluding hydrogens is 280 g/mol. The number of hydrogen-bond acceptors (Lipinski definition) is 3. The highest BCUT2D eigenvalue weighted by Gasteiger charge is 2.08. The van der Waals surface area contributed by atoms with Gasteiger partial charge in [0, 0.05) is 24.4 Å². The van der Waals surface area contributed by atoms with Gasteiger partial charge in [-0.05, 0) is 18.1 Å². The second kappa shape index (κ2) is 6.76. The van der Waals surface area contributed by atoms with Gasteiger partial charge in [0.15, 0.2) is 0 Å². The van der Waals surface area contributed by atoms with E-state index < -0.39 is 17.9 Å². The van der Waals surface area contributed by atoms with E-state index in [1.165, 1.54) is 0 Å². The van der Waals surface area contributed by atoms with E-state index in [0.29, 0.717) is 12.1 Å². The van der Waals surface area contributed by atoms with Gasteiger partial charge >= 0.3 is 6.03 Å². The van der Waals surface area contributed by atoms with Crippen LogP contribution in [0.15, 0.2) is 36.4 Å². The number of aromatic nitrogens is 1. The molecule has 0 saturated carbocycles. The Hall–Kier alpha value is -2.54. The molecule has 1 aromatic carbocycles. The Morgan fingerprint density at radius 2 is 1.81 bits per heavy atom. The first-order valence-electron chi connectivity index (χ1n) is 6.18. The first-order chi connectivity index (χ1) is 10.1. The third kappa shape index (κ3) is 4.22. The second-order valence-electron chi connectivity index (χ2n) is 4.21. The summed E-state index contributed by atoms with van der Waals surface area (Å²) in [5, 5.41) is 13.8. The van der Waals surface area contributed by atoms with Gasteiger partial charge in [-0.2, -0.15) is 13.8 Å². The Bertz CT molecular complexity index is 630. The van der Waals surface area contributed by atoms with Crippen LogP contribution < -0.4 is 10.6 Å². The predicted molar refractivity (Wildman–Crippen MR) is 74.0 cm³/mol. The van der Waals surface area contributed by atoms with E-state index in [1.807, 2.05) is 0 Å². The largest absolute Gasteiger partial charge is 0.396 e. The minimum Gasteiger partial charge on any atom is -0.396 e. The monoisotopic (exact) mass is 293 g/mol. The Labute approximate surface area is 119 Å². The van der Waals surface area contributed by atoms with Crippen molar-refractivity contribution in [2.45, 2.75) is 6.42 Å². The lowest BCUT2D eigenvalue weighted by atomic mass is 10.1. The van der Waals surface area contributed by atoms with Gasteiger partial charge in [0.05, 0.1) is 5.69 Å². The number of nitrogens with zero attached hydrogens (tertiary/aromatic N) is 1. The average Bonchev–Trinajstić information content (AvgIpc) is 2.40. The van der Waals surface area contributed by atoms with Crippen molar-refractivity contribution in [2.75, 3.05) is 17.2 Å². The number of hydrogen-bond donors (Lipinski definition) is 3. The van der Waals surface area contributed by atoms with E-state index in [9.17, 15) is 13.6 Å². The number of para-hydroxylation sites is 1. The average molecular weight is 293 g/mol. The van der Waals surface area contributed by atoms with Crippen molar-refractivity contribution in [2.24, 2.45) is 0 Å². The number of carbonyl (C=O) groups is 1. The van der Waals surface area contributed by atoms with Crippen LogP contribution in [0.3, 0.4) is 0 Å². The predicted octanol–water partition coefficient (Wildman–Crippen LogP) is 2.54. The highest BCUT2D eigenvalue weighted by atomic mass is 19.1. The molecule has 0 radical (unpaired) electrons. The lowest BCUT2D eigenvalue weighted by molar-refractivity contribution is 0.262. The van der Waals surface area contributed by atoms with Gasteiger partial charge in [-0.1, -0.05) is 18.2 Å². The van der Waals surface area contributed by atoms with Crippen LogP contribution in [0.5, 0.6) is 0 Å². The molecule has 2 aromatic rings. The summed E-state index contributed by atoms with van der Waals surface area (Å²) in [5.41, 5.74) is 1.22. The molecule has 2 rings (SSSR count). The molecular formula is C14H13F2N3O2. The Balaban J connectivity index is 2.08. The van der Waals surface area contributed by atoms with Gasteiger partial charge in [-0.3, -0.25) is 0 Å². The molecule has 0 aliphatic heterocycles. The van der Waals surface area contributed by atoms with Crippen LogP contribution in [-0.4, -0.2) is 22.7 Å². The van der Waals surface area contributed by atoms with Crippen molar-refractivity contribution >= 4 is 17.4 Å². The topological polar surface area (TPSA) is 74.2 Å². The first kappa shape index (κ1) is 14.9. The number of pyridine rings is 1. The summed E-state index contributed by atoms with van der Waals surface area (Å²) in [6.45, 7) is -0.0545. The van der Waals surface area contributed by atoms with Crippen molar-refractivity contribution in [1.29, 1.82) is 0 Å². The number of amides is 2. The number of benzene rings is 1. The molecule has 3 N–H and O–H groups in total. The highest BCUT2D eigenvalue weighted by Crippen LogP contribution is 2.16. The van der Waals surface area contributed by atoms with E-state index in [-0.39, 0.29) is 12.3 Å². The third-order valence-electron chi connectivity index (χ3n) is 2.67. The number of aliphatic hydroxyl groups excluding tert-OH is 1. The van der Waals surface area contributed by atoms with E-state index in [1.54, 1.807) is 24.3 Å². The number of rotatable bonds is 4. The number of aliphatic hydroxyl groups is 1. The fourth-order valence-corrected chi connectivity index (χ4v) is 1.80. The van der Waals surface area contributed by atoms with Crippen molar-refractivity contribution in [3.8, 4) is 0 Å². The van der Waals surface area contributed by atoms with Gasteiger partial charge < -0.3 is 15.7 Å². The number of halogens is 2. The van der Waals surface area contributed by atoms with Gasteiger partial charge in [-0.25, -0.2) is 4.79 Å². The highest BCUT2D eigenvalue weighted by molar-refractivity contribution is 6.00. The van der Waals surface area contributed by atoms with E-state index in [2.05, 4.69) is 15.6 Å². The summed E-state index contributed by atoms with van der Waals surface area (Å²) in [4.78, 5) is 14.7. The van der Waals surface area contributed by atoms with Crippen LogP contribution in [0, 0.1) is 11.9 Å². The van der Waals surface area contributed by atoms with Gasteiger partial charge in [0.25, 0.3) is 0 Å². The van der Waals surface area contributed by atoms with Crippen LogP contribution in [0.2, 0.25) is 0 Å². The number of urea groups is 1. The molecule has 1 aromatic heterocycles. The normalized spacial score (nSPS) is 10.2. The third-order valence-corrected chi connectivity index (χ3v) is 2.67. The number of carbonyl (C=O) groups excluding carboxylic acids is 1. The van der Waals surface area contributed by atoms with Crippen molar-refractivity contribution in [3.05, 3.63) is 53.9 Å². The van der Waals surface area contributed by atoms with Crippen molar-refractivity contribution in [1.82, 2.24) is 4.98 Å². The Kier molecular flexibility index (Phi) is 4.78. The molecule has 1 heterocycles. The zero-order valence-corrected chi connectivity index (χ0v) is 10.9. The maximum absolute atomic E-state index is 12.9. The molecule has 0 aliphatic rings. The lowest BCUT2D eigenvalue weighted by Gasteiger charge is -2.11. The Morgan fingerprint density at radius 1 is 1.14 bits per heavy atom. The molecule has 0 saturated heterocycles. The summed E-state index contributed by atoms with van der Waals surface area (Å²) < 4.78 is 25.8. The Morgan fingerprint density at radius 3 is 2.48 bits per heavy atom. The summed E-state index contributed by atoms with van der Waals surface area (Å²) in [6.07, 6.45) is 0.384. The number of nitrogens with one attached hydrogen (secondary N) is 2. The summed E-state index contributed by atoms with van der Waals surface area (Å²) in [7, 11) is 0. The molecule has 110 valence electrons. The fraction of sp³-hybridized carbons (Fsp3) is 0.143. The first-order valence-corrected chi connectivity index (χ1v) is 6.18. The van der Waals surface area contributed by atoms with Gasteiger partial charge in [0.1, 0.15) is 0 Å². The minimum absolute atomic E-state index is 0.0443. The summed E-state index contributed by atoms with van der Waals surface area (Å²) in [5.74, 6) is -2.04. The number of anilines is 2. The molecule has 5 nitrogen and oxygen atoms in total. The maximum Gasteiger partial charge on any atom is 0.323 e. The van der Waals surface area contributed by atoms with E-state index >= 15 is 0 Å². The molecule has 0 fully saturated rings. The smallest absolute Gasteiger partial charge is 0.323 e. The standard InChI is InChI=1S/C14H13F2N3O2/c15-12-7-10(8-13(16)19-12)17-14(21)18-11-4-2-1-3-9(11)5-6-20/h1-4,7-8,20H,5-6H2,(H2,17,18,19,21). The molecule has 0 aliphatic carbocycles. The second-order valence-corrected chi connectivity index (χ2v) is 4.21. The molecule has 2 amide bonds. The minimum atomic E-state index is -1.02. The molecule has 0 bridgehead atoms. The zero-order valence-electron chi connectivity index (χ0n) is 10.9. The maximum atomic E-state index is 12.9. The summed E-state index contributed by atoms with van der Waals surface area (Å²) in [6, 6.07) is 8.09. The van der Waals surface area contributed by atoms with Crippen LogP contribution in [0.1, 0.15) is 5.56 Å². The van der Waals surface area contributed by atoms with E-state index in [0.717, 1.165) is 17.7 Å². The fourth-order valence-electron chi connectivity index (χ4n) is 1.80. The van der Waals surface area contributed by atoms with Crippen LogP contribution >= 0.6 is 0 Å². The quantitative estimate of drug-likeness (QED) is 0.758. The summed E-state index contributed by atoms with van der Waals surface area (Å²) >= 11 is 0. The molecule has 0 spiro atoms. The molecule has 0 atom stereocenters. The lowest BCUT2D eigenvalue weighted by Crippen LogP contribution is -2.20. The van der Waals surface area contributed by atoms with Gasteiger partial charge in [0.2, 0.25) is 11.9 Å². The van der Waals surface area contributed by atoms with Crippen LogP contribution in [0.4, 0.5) is 25.0 Å². The molecule has 7 heteroatoms. The SMILES string of the molecule is O=C(Nc1cc(F)nc(F)c1)Nc1ccccc1CCO. The van der Waals surface area contributed by atoms with Crippen LogP contribution in [-0.2, 0) is 6.42 Å². The molecule has 0 unspecified atom stereocenters. The molecule has 21 heavy (non-hydrogen) atoms.